The molecule has 0 spiro atoms. The minimum absolute atomic E-state index is 0.878. The third-order valence-corrected chi connectivity index (χ3v) is 8.11. The van der Waals surface area contributed by atoms with Gasteiger partial charge >= 0.3 is 7.80 Å². The largest absolute Gasteiger partial charge is 0.415 e. The van der Waals surface area contributed by atoms with Crippen LogP contribution in [0.3, 0.4) is 0 Å². The van der Waals surface area contributed by atoms with E-state index in [0.29, 0.717) is 0 Å². The monoisotopic (exact) mass is 435 g/mol. The van der Waals surface area contributed by atoms with Crippen molar-refractivity contribution in [2.45, 2.75) is 26.9 Å². The number of aryl methyl sites for hydroxylation is 2. The number of hydrogen-bond acceptors (Lipinski definition) is 1. The molecule has 32 heavy (non-hydrogen) atoms. The van der Waals surface area contributed by atoms with E-state index in [-0.39, 0.29) is 0 Å². The van der Waals surface area contributed by atoms with Crippen LogP contribution in [-0.4, -0.2) is 9.13 Å². The molecule has 0 fully saturated rings. The van der Waals surface area contributed by atoms with Crippen LogP contribution in [0.1, 0.15) is 13.8 Å². The summed E-state index contributed by atoms with van der Waals surface area (Å²) in [6.45, 7) is 6.09. The first-order chi connectivity index (χ1) is 15.7. The number of para-hydroxylation sites is 2. The predicted octanol–water partition coefficient (Wildman–Crippen LogP) is 6.72. The molecule has 156 valence electrons. The van der Waals surface area contributed by atoms with Crippen LogP contribution in [-0.2, 0) is 17.7 Å². The normalized spacial score (nSPS) is 11.8. The van der Waals surface area contributed by atoms with Gasteiger partial charge in [-0.3, -0.25) is 0 Å². The molecule has 2 heterocycles. The molecule has 0 N–H and O–H groups in total. The van der Waals surface area contributed by atoms with E-state index in [1.54, 1.807) is 0 Å². The fraction of sp³-hybridized carbons (Fsp3) is 0.143. The second-order valence-corrected chi connectivity index (χ2v) is 9.84. The van der Waals surface area contributed by atoms with Gasteiger partial charge in [-0.1, -0.05) is 41.0 Å². The van der Waals surface area contributed by atoms with Crippen molar-refractivity contribution < 1.29 is 4.57 Å². The van der Waals surface area contributed by atoms with E-state index in [1.165, 1.54) is 32.6 Å². The number of aromatic nitrogens is 2. The van der Waals surface area contributed by atoms with Crippen molar-refractivity contribution in [2.24, 2.45) is 0 Å². The average Bonchev–Trinajstić information content (AvgIpc) is 3.34. The summed E-state index contributed by atoms with van der Waals surface area (Å²) < 4.78 is 18.3. The maximum absolute atomic E-state index is 13.7. The van der Waals surface area contributed by atoms with Crippen LogP contribution in [0.25, 0.3) is 43.6 Å². The number of nitrogens with zero attached hydrogens (tertiary/aromatic N) is 2. The lowest BCUT2D eigenvalue weighted by Crippen LogP contribution is -2.08. The van der Waals surface area contributed by atoms with Gasteiger partial charge in [-0.05, 0) is 50.2 Å². The molecule has 3 nitrogen and oxygen atoms in total. The lowest BCUT2D eigenvalue weighted by Gasteiger charge is -2.03. The average molecular weight is 435 g/mol. The second-order valence-electron chi connectivity index (χ2n) is 8.22. The number of hydrogen-bond donors (Lipinski definition) is 0. The zero-order valence-corrected chi connectivity index (χ0v) is 19.1. The lowest BCUT2D eigenvalue weighted by atomic mass is 10.1. The van der Waals surface area contributed by atoms with Crippen LogP contribution in [0.4, 0.5) is 0 Å². The van der Waals surface area contributed by atoms with Crippen molar-refractivity contribution in [3.63, 3.8) is 0 Å². The van der Waals surface area contributed by atoms with E-state index in [4.69, 9.17) is 0 Å². The molecule has 0 radical (unpaired) electrons. The molecule has 4 heteroatoms. The van der Waals surface area contributed by atoms with Gasteiger partial charge in [-0.2, -0.15) is 0 Å². The Bertz CT molecular complexity index is 1550. The smallest absolute Gasteiger partial charge is 0.341 e. The quantitative estimate of drug-likeness (QED) is 0.282. The summed E-state index contributed by atoms with van der Waals surface area (Å²) in [5.74, 6) is 0. The van der Waals surface area contributed by atoms with Crippen LogP contribution in [0.2, 0.25) is 0 Å². The van der Waals surface area contributed by atoms with Gasteiger partial charge in [-0.25, -0.2) is 0 Å². The number of fused-ring (bicyclic) bond motifs is 6. The van der Waals surface area contributed by atoms with Gasteiger partial charge in [0, 0.05) is 57.8 Å². The van der Waals surface area contributed by atoms with Gasteiger partial charge in [0.2, 0.25) is 0 Å². The van der Waals surface area contributed by atoms with Crippen molar-refractivity contribution in [3.05, 3.63) is 84.9 Å². The Morgan fingerprint density at radius 1 is 0.562 bits per heavy atom. The minimum atomic E-state index is -1.69. The van der Waals surface area contributed by atoms with Crippen molar-refractivity contribution in [3.8, 4) is 0 Å². The molecule has 4 aromatic carbocycles. The SMILES string of the molecule is CCn1c2ccccc2c2ccc([P+](=O)c3ccc4c5ccccc5n(CC)c4c3)cc21. The zero-order valence-electron chi connectivity index (χ0n) is 18.2. The summed E-state index contributed by atoms with van der Waals surface area (Å²) in [5.41, 5.74) is 4.76. The zero-order chi connectivity index (χ0) is 21.8. The highest BCUT2D eigenvalue weighted by Crippen LogP contribution is 2.33. The highest BCUT2D eigenvalue weighted by molar-refractivity contribution is 7.61. The first-order valence-electron chi connectivity index (χ1n) is 11.2. The summed E-state index contributed by atoms with van der Waals surface area (Å²) in [6, 6.07) is 29.6. The Kier molecular flexibility index (Phi) is 4.41. The summed E-state index contributed by atoms with van der Waals surface area (Å²) in [4.78, 5) is 0. The van der Waals surface area contributed by atoms with Crippen molar-refractivity contribution in [1.82, 2.24) is 9.13 Å². The van der Waals surface area contributed by atoms with Gasteiger partial charge in [0.25, 0.3) is 0 Å². The third-order valence-electron chi connectivity index (χ3n) is 6.62. The standard InChI is InChI=1S/C28H24N2OP/c1-3-29-25-11-7-5-9-21(25)23-15-13-19(17-27(23)29)32(31)20-14-16-24-22-10-6-8-12-26(22)30(4-2)28(24)18-20/h5-18H,3-4H2,1-2H3/q+1. The topological polar surface area (TPSA) is 26.9 Å². The minimum Gasteiger partial charge on any atom is -0.341 e. The molecule has 2 aromatic heterocycles. The number of rotatable bonds is 4. The molecule has 0 aliphatic rings. The van der Waals surface area contributed by atoms with Gasteiger partial charge in [0.05, 0.1) is 11.0 Å². The van der Waals surface area contributed by atoms with Crippen LogP contribution in [0.15, 0.2) is 84.9 Å². The van der Waals surface area contributed by atoms with E-state index in [2.05, 4.69) is 95.8 Å². The van der Waals surface area contributed by atoms with Crippen LogP contribution < -0.4 is 10.6 Å². The molecule has 0 saturated heterocycles. The highest BCUT2D eigenvalue weighted by Gasteiger charge is 2.26. The Hall–Kier alpha value is -3.42. The van der Waals surface area contributed by atoms with Gasteiger partial charge in [0.15, 0.2) is 10.6 Å². The maximum Gasteiger partial charge on any atom is 0.415 e. The second kappa shape index (κ2) is 7.32. The molecular weight excluding hydrogens is 411 g/mol. The van der Waals surface area contributed by atoms with Crippen molar-refractivity contribution in [2.75, 3.05) is 0 Å². The third kappa shape index (κ3) is 2.68. The van der Waals surface area contributed by atoms with Crippen LogP contribution in [0.5, 0.6) is 0 Å². The molecule has 0 aliphatic carbocycles. The molecule has 0 bridgehead atoms. The predicted molar refractivity (Wildman–Crippen MR) is 137 cm³/mol. The van der Waals surface area contributed by atoms with Gasteiger partial charge in [-0.15, -0.1) is 0 Å². The van der Waals surface area contributed by atoms with E-state index in [0.717, 1.165) is 34.7 Å². The summed E-state index contributed by atoms with van der Waals surface area (Å²) in [7, 11) is -1.69. The maximum atomic E-state index is 13.7. The molecule has 0 unspecified atom stereocenters. The molecular formula is C28H24N2OP+. The summed E-state index contributed by atoms with van der Waals surface area (Å²) in [6.07, 6.45) is 0. The van der Waals surface area contributed by atoms with Gasteiger partial charge < -0.3 is 9.13 Å². The van der Waals surface area contributed by atoms with E-state index in [9.17, 15) is 4.57 Å². The first-order valence-corrected chi connectivity index (χ1v) is 12.5. The molecule has 6 rings (SSSR count). The van der Waals surface area contributed by atoms with E-state index in [1.807, 2.05) is 12.1 Å². The highest BCUT2D eigenvalue weighted by atomic mass is 31.1. The van der Waals surface area contributed by atoms with Crippen LogP contribution in [0, 0.1) is 0 Å². The summed E-state index contributed by atoms with van der Waals surface area (Å²) in [5, 5.41) is 6.69. The number of benzene rings is 4. The fourth-order valence-electron chi connectivity index (χ4n) is 5.16. The Morgan fingerprint density at radius 3 is 1.41 bits per heavy atom. The van der Waals surface area contributed by atoms with Gasteiger partial charge in [0.1, 0.15) is 0 Å². The Labute approximate surface area is 187 Å². The molecule has 0 atom stereocenters. The molecule has 6 aromatic rings. The van der Waals surface area contributed by atoms with Crippen molar-refractivity contribution in [1.29, 1.82) is 0 Å². The van der Waals surface area contributed by atoms with E-state index < -0.39 is 7.80 Å². The summed E-state index contributed by atoms with van der Waals surface area (Å²) >= 11 is 0. The molecule has 0 amide bonds. The lowest BCUT2D eigenvalue weighted by molar-refractivity contribution is 0.598. The fourth-order valence-corrected chi connectivity index (χ4v) is 6.36. The van der Waals surface area contributed by atoms with Crippen molar-refractivity contribution >= 4 is 62.0 Å². The van der Waals surface area contributed by atoms with E-state index >= 15 is 0 Å². The first kappa shape index (κ1) is 19.3. The Balaban J connectivity index is 1.52. The van der Waals surface area contributed by atoms with Crippen LogP contribution >= 0.6 is 7.80 Å². The Morgan fingerprint density at radius 2 is 0.969 bits per heavy atom. The molecule has 0 saturated carbocycles. The molecule has 0 aliphatic heterocycles.